The first kappa shape index (κ1) is 12.7. The van der Waals surface area contributed by atoms with E-state index in [9.17, 15) is 14.4 Å². The fourth-order valence-electron chi connectivity index (χ4n) is 1.22. The number of hydrogen-bond donors (Lipinski definition) is 2. The summed E-state index contributed by atoms with van der Waals surface area (Å²) in [5.74, 6) is -0.719. The van der Waals surface area contributed by atoms with Gasteiger partial charge in [-0.3, -0.25) is 19.5 Å². The minimum atomic E-state index is -0.984. The molecule has 8 nitrogen and oxygen atoms in total. The van der Waals surface area contributed by atoms with Crippen molar-refractivity contribution in [2.45, 2.75) is 13.5 Å². The highest BCUT2D eigenvalue weighted by Gasteiger charge is 2.12. The van der Waals surface area contributed by atoms with Crippen LogP contribution in [0.1, 0.15) is 5.69 Å². The Morgan fingerprint density at radius 1 is 1.59 bits per heavy atom. The maximum Gasteiger partial charge on any atom is 0.318 e. The Bertz CT molecular complexity index is 508. The molecule has 92 valence electrons. The van der Waals surface area contributed by atoms with Crippen LogP contribution < -0.4 is 21.3 Å². The highest BCUT2D eigenvalue weighted by Crippen LogP contribution is 2.03. The number of nitrogens with two attached hydrogens (primary N) is 1. The van der Waals surface area contributed by atoms with Crippen molar-refractivity contribution in [1.29, 1.82) is 0 Å². The van der Waals surface area contributed by atoms with Crippen molar-refractivity contribution in [3.05, 3.63) is 22.1 Å². The fraction of sp³-hybridized carbons (Fsp3) is 0.333. The molecule has 0 aliphatic carbocycles. The van der Waals surface area contributed by atoms with Crippen molar-refractivity contribution in [3.63, 3.8) is 0 Å². The van der Waals surface area contributed by atoms with E-state index >= 15 is 0 Å². The molecular weight excluding hydrogens is 228 g/mol. The van der Waals surface area contributed by atoms with Crippen molar-refractivity contribution in [3.8, 4) is 6.01 Å². The molecule has 0 bridgehead atoms. The normalized spacial score (nSPS) is 9.76. The number of amides is 3. The molecule has 0 unspecified atom stereocenters. The van der Waals surface area contributed by atoms with Crippen LogP contribution in [0.15, 0.2) is 10.9 Å². The van der Waals surface area contributed by atoms with E-state index in [1.54, 1.807) is 6.92 Å². The lowest BCUT2D eigenvalue weighted by Crippen LogP contribution is -2.39. The lowest BCUT2D eigenvalue weighted by Gasteiger charge is -2.09. The van der Waals surface area contributed by atoms with E-state index in [-0.39, 0.29) is 6.01 Å². The van der Waals surface area contributed by atoms with Crippen LogP contribution in [0.3, 0.4) is 0 Å². The average Bonchev–Trinajstić information content (AvgIpc) is 2.20. The van der Waals surface area contributed by atoms with Crippen LogP contribution in [0.25, 0.3) is 0 Å². The summed E-state index contributed by atoms with van der Waals surface area (Å²) in [5.41, 5.74) is 4.80. The van der Waals surface area contributed by atoms with Crippen LogP contribution >= 0.6 is 0 Å². The predicted octanol–water partition coefficient (Wildman–Crippen LogP) is -1.24. The molecule has 0 aliphatic heterocycles. The van der Waals surface area contributed by atoms with Gasteiger partial charge < -0.3 is 10.5 Å². The predicted molar refractivity (Wildman–Crippen MR) is 57.5 cm³/mol. The SMILES string of the molecule is COc1nc(C)cc(=O)n1CC(=O)NC(N)=O. The fourth-order valence-corrected chi connectivity index (χ4v) is 1.22. The van der Waals surface area contributed by atoms with Gasteiger partial charge in [-0.2, -0.15) is 0 Å². The first-order valence-electron chi connectivity index (χ1n) is 4.65. The number of rotatable bonds is 3. The third-order valence-electron chi connectivity index (χ3n) is 1.85. The van der Waals surface area contributed by atoms with Gasteiger partial charge in [0.05, 0.1) is 7.11 Å². The number of aryl methyl sites for hydroxylation is 1. The Morgan fingerprint density at radius 2 is 2.24 bits per heavy atom. The van der Waals surface area contributed by atoms with Gasteiger partial charge in [0.2, 0.25) is 5.91 Å². The second-order valence-corrected chi connectivity index (χ2v) is 3.22. The summed E-state index contributed by atoms with van der Waals surface area (Å²) in [4.78, 5) is 37.2. The van der Waals surface area contributed by atoms with Crippen LogP contribution in [-0.2, 0) is 11.3 Å². The summed E-state index contributed by atoms with van der Waals surface area (Å²) in [7, 11) is 1.32. The molecule has 0 spiro atoms. The van der Waals surface area contributed by atoms with E-state index in [2.05, 4.69) is 4.98 Å². The number of aromatic nitrogens is 2. The number of nitrogens with zero attached hydrogens (tertiary/aromatic N) is 2. The summed E-state index contributed by atoms with van der Waals surface area (Å²) < 4.78 is 5.86. The van der Waals surface area contributed by atoms with Gasteiger partial charge in [0.25, 0.3) is 11.6 Å². The zero-order chi connectivity index (χ0) is 13.0. The Balaban J connectivity index is 3.02. The zero-order valence-electron chi connectivity index (χ0n) is 9.39. The van der Waals surface area contributed by atoms with Crippen LogP contribution in [0.4, 0.5) is 4.79 Å². The number of urea groups is 1. The number of ether oxygens (including phenoxy) is 1. The molecule has 0 atom stereocenters. The number of primary amides is 1. The number of methoxy groups -OCH3 is 1. The topological polar surface area (TPSA) is 116 Å². The third kappa shape index (κ3) is 3.30. The number of imide groups is 1. The molecule has 1 aromatic rings. The van der Waals surface area contributed by atoms with Crippen molar-refractivity contribution in [2.75, 3.05) is 7.11 Å². The second-order valence-electron chi connectivity index (χ2n) is 3.22. The molecular formula is C9H12N4O4. The first-order valence-corrected chi connectivity index (χ1v) is 4.65. The van der Waals surface area contributed by atoms with Crippen LogP contribution in [-0.4, -0.2) is 28.6 Å². The quantitative estimate of drug-likeness (QED) is 0.685. The summed E-state index contributed by atoms with van der Waals surface area (Å²) in [6, 6.07) is 0.261. The minimum absolute atomic E-state index is 0.00498. The molecule has 0 saturated carbocycles. The highest BCUT2D eigenvalue weighted by atomic mass is 16.5. The van der Waals surface area contributed by atoms with Crippen molar-refractivity contribution < 1.29 is 14.3 Å². The minimum Gasteiger partial charge on any atom is -0.468 e. The molecule has 8 heteroatoms. The average molecular weight is 240 g/mol. The van der Waals surface area contributed by atoms with Gasteiger partial charge in [-0.15, -0.1) is 0 Å². The van der Waals surface area contributed by atoms with E-state index in [0.717, 1.165) is 4.57 Å². The van der Waals surface area contributed by atoms with E-state index in [1.807, 2.05) is 5.32 Å². The van der Waals surface area contributed by atoms with Crippen LogP contribution in [0, 0.1) is 6.92 Å². The number of nitrogens with one attached hydrogen (secondary N) is 1. The largest absolute Gasteiger partial charge is 0.468 e. The number of carbonyl (C=O) groups is 2. The Kier molecular flexibility index (Phi) is 3.81. The second kappa shape index (κ2) is 5.10. The van der Waals surface area contributed by atoms with E-state index in [0.29, 0.717) is 5.69 Å². The molecule has 1 aromatic heterocycles. The van der Waals surface area contributed by atoms with Gasteiger partial charge in [-0.25, -0.2) is 9.78 Å². The monoisotopic (exact) mass is 240 g/mol. The van der Waals surface area contributed by atoms with Gasteiger partial charge in [0.1, 0.15) is 6.54 Å². The molecule has 0 aliphatic rings. The van der Waals surface area contributed by atoms with Crippen LogP contribution in [0.5, 0.6) is 6.01 Å². The van der Waals surface area contributed by atoms with Crippen molar-refractivity contribution in [2.24, 2.45) is 5.73 Å². The molecule has 17 heavy (non-hydrogen) atoms. The molecule has 3 amide bonds. The van der Waals surface area contributed by atoms with E-state index in [1.165, 1.54) is 13.2 Å². The molecule has 0 radical (unpaired) electrons. The summed E-state index contributed by atoms with van der Waals surface area (Å²) >= 11 is 0. The maximum atomic E-state index is 11.6. The Morgan fingerprint density at radius 3 is 2.76 bits per heavy atom. The number of carbonyl (C=O) groups excluding carboxylic acids is 2. The zero-order valence-corrected chi connectivity index (χ0v) is 9.39. The Hall–Kier alpha value is -2.38. The lowest BCUT2D eigenvalue weighted by atomic mass is 10.4. The van der Waals surface area contributed by atoms with Crippen LogP contribution in [0.2, 0.25) is 0 Å². The van der Waals surface area contributed by atoms with Gasteiger partial charge in [0.15, 0.2) is 0 Å². The highest BCUT2D eigenvalue weighted by molar-refractivity contribution is 5.93. The molecule has 1 heterocycles. The standard InChI is InChI=1S/C9H12N4O4/c1-5-3-7(15)13(9(11-5)17-2)4-6(14)12-8(10)16/h3H,4H2,1-2H3,(H3,10,12,14,16). The maximum absolute atomic E-state index is 11.6. The summed E-state index contributed by atoms with van der Waals surface area (Å²) in [6.45, 7) is 1.23. The molecule has 0 saturated heterocycles. The summed E-state index contributed by atoms with van der Waals surface area (Å²) in [6.07, 6.45) is 0. The first-order chi connectivity index (χ1) is 7.93. The summed E-state index contributed by atoms with van der Waals surface area (Å²) in [5, 5.41) is 1.84. The smallest absolute Gasteiger partial charge is 0.318 e. The molecule has 0 aromatic carbocycles. The van der Waals surface area contributed by atoms with Gasteiger partial charge in [-0.05, 0) is 6.92 Å². The van der Waals surface area contributed by atoms with E-state index < -0.39 is 24.0 Å². The third-order valence-corrected chi connectivity index (χ3v) is 1.85. The van der Waals surface area contributed by atoms with E-state index in [4.69, 9.17) is 10.5 Å². The molecule has 0 fully saturated rings. The van der Waals surface area contributed by atoms with Gasteiger partial charge >= 0.3 is 6.03 Å². The molecule has 1 rings (SSSR count). The molecule has 3 N–H and O–H groups in total. The number of hydrogen-bond acceptors (Lipinski definition) is 5. The van der Waals surface area contributed by atoms with Crippen molar-refractivity contribution in [1.82, 2.24) is 14.9 Å². The lowest BCUT2D eigenvalue weighted by molar-refractivity contribution is -0.120. The Labute approximate surface area is 96.4 Å². The van der Waals surface area contributed by atoms with Gasteiger partial charge in [-0.1, -0.05) is 0 Å². The van der Waals surface area contributed by atoms with Gasteiger partial charge in [0, 0.05) is 11.8 Å². The van der Waals surface area contributed by atoms with Crippen molar-refractivity contribution >= 4 is 11.9 Å².